The van der Waals surface area contributed by atoms with Crippen molar-refractivity contribution in [1.29, 1.82) is 0 Å². The molecule has 0 spiro atoms. The number of hydrogen-bond acceptors (Lipinski definition) is 4. The van der Waals surface area contributed by atoms with Gasteiger partial charge in [-0.25, -0.2) is 0 Å². The highest BCUT2D eigenvalue weighted by Gasteiger charge is 2.48. The average molecular weight is 252 g/mol. The predicted octanol–water partition coefficient (Wildman–Crippen LogP) is 1.61. The van der Waals surface area contributed by atoms with E-state index in [1.807, 2.05) is 0 Å². The molecular formula is C14H20O4. The first-order valence-corrected chi connectivity index (χ1v) is 6.46. The van der Waals surface area contributed by atoms with E-state index in [1.165, 1.54) is 13.0 Å². The van der Waals surface area contributed by atoms with E-state index < -0.39 is 18.2 Å². The van der Waals surface area contributed by atoms with E-state index in [2.05, 4.69) is 13.8 Å². The number of ketones is 1. The fourth-order valence-electron chi connectivity index (χ4n) is 3.16. The van der Waals surface area contributed by atoms with Crippen LogP contribution in [0.3, 0.4) is 0 Å². The van der Waals surface area contributed by atoms with E-state index in [-0.39, 0.29) is 11.2 Å². The number of aliphatic hydroxyl groups is 1. The van der Waals surface area contributed by atoms with E-state index >= 15 is 0 Å². The molecule has 0 radical (unpaired) electrons. The highest BCUT2D eigenvalue weighted by molar-refractivity contribution is 5.96. The number of fused-ring (bicyclic) bond motifs is 1. The summed E-state index contributed by atoms with van der Waals surface area (Å²) < 4.78 is 5.09. The molecule has 0 bridgehead atoms. The smallest absolute Gasteiger partial charge is 0.303 e. The van der Waals surface area contributed by atoms with Crippen LogP contribution < -0.4 is 0 Å². The minimum Gasteiger partial charge on any atom is -0.454 e. The molecule has 18 heavy (non-hydrogen) atoms. The lowest BCUT2D eigenvalue weighted by molar-refractivity contribution is -0.154. The lowest BCUT2D eigenvalue weighted by Crippen LogP contribution is -2.46. The first-order valence-electron chi connectivity index (χ1n) is 6.46. The molecular weight excluding hydrogens is 232 g/mol. The molecule has 2 aliphatic rings. The van der Waals surface area contributed by atoms with Crippen molar-refractivity contribution in [3.05, 3.63) is 11.6 Å². The Morgan fingerprint density at radius 1 is 1.50 bits per heavy atom. The third-order valence-corrected chi connectivity index (χ3v) is 4.51. The van der Waals surface area contributed by atoms with E-state index in [9.17, 15) is 14.7 Å². The maximum Gasteiger partial charge on any atom is 0.303 e. The number of hydrogen-bond donors (Lipinski definition) is 1. The molecule has 0 aromatic heterocycles. The number of carbonyl (C=O) groups is 2. The van der Waals surface area contributed by atoms with Crippen LogP contribution in [0, 0.1) is 11.3 Å². The monoisotopic (exact) mass is 252 g/mol. The highest BCUT2D eigenvalue weighted by Crippen LogP contribution is 2.50. The quantitative estimate of drug-likeness (QED) is 0.720. The minimum atomic E-state index is -0.691. The van der Waals surface area contributed by atoms with Crippen molar-refractivity contribution in [2.45, 2.75) is 52.2 Å². The third kappa shape index (κ3) is 2.09. The summed E-state index contributed by atoms with van der Waals surface area (Å²) >= 11 is 0. The van der Waals surface area contributed by atoms with Gasteiger partial charge in [0.1, 0.15) is 0 Å². The summed E-state index contributed by atoms with van der Waals surface area (Å²) in [6.45, 7) is 5.49. The minimum absolute atomic E-state index is 0.203. The SMILES string of the molecule is CC(=O)OC1CC2(C)C(=CC1=O)C(O)CCC2C. The number of esters is 1. The lowest BCUT2D eigenvalue weighted by Gasteiger charge is -2.47. The molecule has 0 aromatic carbocycles. The van der Waals surface area contributed by atoms with Gasteiger partial charge < -0.3 is 9.84 Å². The van der Waals surface area contributed by atoms with Crippen LogP contribution in [0.15, 0.2) is 11.6 Å². The molecule has 100 valence electrons. The molecule has 0 aromatic rings. The summed E-state index contributed by atoms with van der Waals surface area (Å²) in [5.74, 6) is -0.262. The largest absolute Gasteiger partial charge is 0.454 e. The van der Waals surface area contributed by atoms with Crippen molar-refractivity contribution >= 4 is 11.8 Å². The van der Waals surface area contributed by atoms with Gasteiger partial charge >= 0.3 is 5.97 Å². The van der Waals surface area contributed by atoms with Crippen LogP contribution in [0.1, 0.15) is 40.0 Å². The van der Waals surface area contributed by atoms with Crippen LogP contribution in [-0.2, 0) is 14.3 Å². The number of aliphatic hydroxyl groups excluding tert-OH is 1. The van der Waals surface area contributed by atoms with Gasteiger partial charge in [-0.1, -0.05) is 13.8 Å². The van der Waals surface area contributed by atoms with Crippen LogP contribution in [0.4, 0.5) is 0 Å². The van der Waals surface area contributed by atoms with E-state index in [1.54, 1.807) is 0 Å². The Balaban J connectivity index is 2.33. The maximum absolute atomic E-state index is 11.9. The van der Waals surface area contributed by atoms with E-state index in [0.29, 0.717) is 18.8 Å². The maximum atomic E-state index is 11.9. The molecule has 4 heteroatoms. The molecule has 2 rings (SSSR count). The second kappa shape index (κ2) is 4.50. The van der Waals surface area contributed by atoms with Gasteiger partial charge in [0.25, 0.3) is 0 Å². The standard InChI is InChI=1S/C14H20O4/c1-8-4-5-11(16)10-6-12(17)13(18-9(2)15)7-14(8,10)3/h6,8,11,13,16H,4-5,7H2,1-3H3. The number of ether oxygens (including phenoxy) is 1. The van der Waals surface area contributed by atoms with Gasteiger partial charge in [0.15, 0.2) is 11.9 Å². The van der Waals surface area contributed by atoms with Crippen molar-refractivity contribution in [3.8, 4) is 0 Å². The van der Waals surface area contributed by atoms with Crippen LogP contribution in [0.25, 0.3) is 0 Å². The molecule has 0 amide bonds. The fourth-order valence-corrected chi connectivity index (χ4v) is 3.16. The zero-order valence-corrected chi connectivity index (χ0v) is 11.1. The van der Waals surface area contributed by atoms with Gasteiger partial charge in [0.05, 0.1) is 6.10 Å². The van der Waals surface area contributed by atoms with Crippen molar-refractivity contribution in [2.75, 3.05) is 0 Å². The van der Waals surface area contributed by atoms with Gasteiger partial charge in [-0.15, -0.1) is 0 Å². The third-order valence-electron chi connectivity index (χ3n) is 4.51. The summed E-state index contributed by atoms with van der Waals surface area (Å²) in [7, 11) is 0. The van der Waals surface area contributed by atoms with Gasteiger partial charge in [-0.3, -0.25) is 9.59 Å². The van der Waals surface area contributed by atoms with Crippen molar-refractivity contribution in [3.63, 3.8) is 0 Å². The second-order valence-electron chi connectivity index (χ2n) is 5.72. The van der Waals surface area contributed by atoms with Gasteiger partial charge in [0.2, 0.25) is 0 Å². The average Bonchev–Trinajstić information content (AvgIpc) is 2.27. The molecule has 1 saturated carbocycles. The van der Waals surface area contributed by atoms with Crippen molar-refractivity contribution < 1.29 is 19.4 Å². The molecule has 0 saturated heterocycles. The van der Waals surface area contributed by atoms with Crippen molar-refractivity contribution in [1.82, 2.24) is 0 Å². The summed E-state index contributed by atoms with van der Waals surface area (Å²) in [5.41, 5.74) is 0.570. The van der Waals surface area contributed by atoms with Gasteiger partial charge in [0, 0.05) is 13.3 Å². The fraction of sp³-hybridized carbons (Fsp3) is 0.714. The van der Waals surface area contributed by atoms with E-state index in [0.717, 1.165) is 12.0 Å². The molecule has 1 N–H and O–H groups in total. The number of carbonyl (C=O) groups excluding carboxylic acids is 2. The zero-order chi connectivity index (χ0) is 13.5. The molecule has 4 nitrogen and oxygen atoms in total. The van der Waals surface area contributed by atoms with Gasteiger partial charge in [-0.05, 0) is 35.8 Å². The van der Waals surface area contributed by atoms with Crippen LogP contribution >= 0.6 is 0 Å². The Morgan fingerprint density at radius 2 is 2.17 bits per heavy atom. The number of rotatable bonds is 1. The Morgan fingerprint density at radius 3 is 2.78 bits per heavy atom. The van der Waals surface area contributed by atoms with Crippen molar-refractivity contribution in [2.24, 2.45) is 11.3 Å². The topological polar surface area (TPSA) is 63.6 Å². The molecule has 0 aliphatic heterocycles. The first kappa shape index (κ1) is 13.3. The normalized spacial score (nSPS) is 39.9. The van der Waals surface area contributed by atoms with E-state index in [4.69, 9.17) is 4.74 Å². The Labute approximate surface area is 107 Å². The molecule has 4 atom stereocenters. The second-order valence-corrected chi connectivity index (χ2v) is 5.72. The first-order chi connectivity index (χ1) is 8.34. The molecule has 4 unspecified atom stereocenters. The Kier molecular flexibility index (Phi) is 3.32. The summed E-state index contributed by atoms with van der Waals surface area (Å²) in [5, 5.41) is 10.0. The lowest BCUT2D eigenvalue weighted by atomic mass is 9.59. The van der Waals surface area contributed by atoms with Crippen LogP contribution in [0.5, 0.6) is 0 Å². The van der Waals surface area contributed by atoms with Crippen LogP contribution in [0.2, 0.25) is 0 Å². The summed E-state index contributed by atoms with van der Waals surface area (Å²) in [6, 6.07) is 0. The Bertz CT molecular complexity index is 412. The Hall–Kier alpha value is -1.16. The molecule has 2 aliphatic carbocycles. The van der Waals surface area contributed by atoms with Gasteiger partial charge in [-0.2, -0.15) is 0 Å². The molecule has 0 heterocycles. The van der Waals surface area contributed by atoms with Crippen LogP contribution in [-0.4, -0.2) is 29.1 Å². The molecule has 1 fully saturated rings. The highest BCUT2D eigenvalue weighted by atomic mass is 16.5. The summed E-state index contributed by atoms with van der Waals surface area (Å²) in [4.78, 5) is 22.9. The predicted molar refractivity (Wildman–Crippen MR) is 65.8 cm³/mol. The summed E-state index contributed by atoms with van der Waals surface area (Å²) in [6.07, 6.45) is 2.38. The zero-order valence-electron chi connectivity index (χ0n) is 11.1.